The normalized spacial score (nSPS) is 17.2. The van der Waals surface area contributed by atoms with Crippen molar-refractivity contribution in [3.63, 3.8) is 0 Å². The van der Waals surface area contributed by atoms with Gasteiger partial charge in [0.25, 0.3) is 11.8 Å². The summed E-state index contributed by atoms with van der Waals surface area (Å²) in [6.07, 6.45) is -2.10. The highest BCUT2D eigenvalue weighted by Gasteiger charge is 2.51. The summed E-state index contributed by atoms with van der Waals surface area (Å²) in [5.41, 5.74) is 1.66. The second kappa shape index (κ2) is 11.9. The quantitative estimate of drug-likeness (QED) is 0.444. The molecule has 3 rings (SSSR count). The van der Waals surface area contributed by atoms with E-state index < -0.39 is 41.8 Å². The number of likely N-dealkylation sites (N-methyl/N-ethyl adjacent to an activating group) is 1. The lowest BCUT2D eigenvalue weighted by Gasteiger charge is -2.21. The van der Waals surface area contributed by atoms with Crippen LogP contribution >= 0.6 is 0 Å². The van der Waals surface area contributed by atoms with Crippen LogP contribution in [0.3, 0.4) is 0 Å². The van der Waals surface area contributed by atoms with Gasteiger partial charge in [0.1, 0.15) is 11.6 Å². The van der Waals surface area contributed by atoms with Crippen molar-refractivity contribution in [1.82, 2.24) is 15.5 Å². The number of anilines is 1. The fourth-order valence-corrected chi connectivity index (χ4v) is 3.53. The predicted octanol–water partition coefficient (Wildman–Crippen LogP) is 2.23. The molecule has 0 aliphatic carbocycles. The first-order chi connectivity index (χ1) is 17.4. The number of hydrogen-bond acceptors (Lipinski definition) is 6. The summed E-state index contributed by atoms with van der Waals surface area (Å²) < 4.78 is 10.5. The zero-order valence-electron chi connectivity index (χ0n) is 21.7. The number of alkyl carbamates (subject to hydrolysis) is 1. The number of ether oxygens (including phenoxy) is 2. The summed E-state index contributed by atoms with van der Waals surface area (Å²) in [4.78, 5) is 51.1. The molecule has 0 saturated carbocycles. The summed E-state index contributed by atoms with van der Waals surface area (Å²) in [7, 11) is 3.24. The largest absolute Gasteiger partial charge is 0.444 e. The van der Waals surface area contributed by atoms with Crippen LogP contribution in [0.15, 0.2) is 54.6 Å². The minimum absolute atomic E-state index is 0.250. The number of carbonyl (C=O) groups excluding carboxylic acids is 4. The number of rotatable bonds is 9. The van der Waals surface area contributed by atoms with Gasteiger partial charge < -0.3 is 30.3 Å². The van der Waals surface area contributed by atoms with E-state index in [0.717, 1.165) is 11.1 Å². The van der Waals surface area contributed by atoms with E-state index in [-0.39, 0.29) is 12.5 Å². The molecule has 0 aromatic heterocycles. The lowest BCUT2D eigenvalue weighted by Crippen LogP contribution is -2.49. The Hall–Kier alpha value is -3.92. The summed E-state index contributed by atoms with van der Waals surface area (Å²) in [5, 5.41) is 8.10. The number of amides is 4. The lowest BCUT2D eigenvalue weighted by molar-refractivity contribution is -0.134. The minimum atomic E-state index is -0.967. The number of nitrogens with one attached hydrogen (secondary N) is 3. The van der Waals surface area contributed by atoms with Crippen LogP contribution in [0.1, 0.15) is 31.9 Å². The van der Waals surface area contributed by atoms with E-state index in [4.69, 9.17) is 9.47 Å². The van der Waals surface area contributed by atoms with E-state index in [1.54, 1.807) is 59.1 Å². The molecule has 4 amide bonds. The van der Waals surface area contributed by atoms with E-state index >= 15 is 0 Å². The first kappa shape index (κ1) is 27.7. The van der Waals surface area contributed by atoms with Crippen molar-refractivity contribution in [2.45, 2.75) is 57.6 Å². The molecule has 1 heterocycles. The van der Waals surface area contributed by atoms with Crippen LogP contribution in [-0.4, -0.2) is 66.7 Å². The van der Waals surface area contributed by atoms with Crippen LogP contribution in [0.5, 0.6) is 0 Å². The van der Waals surface area contributed by atoms with Crippen LogP contribution in [0.25, 0.3) is 0 Å². The molecule has 198 valence electrons. The second-order valence-electron chi connectivity index (χ2n) is 10.0. The summed E-state index contributed by atoms with van der Waals surface area (Å²) in [6, 6.07) is 15.5. The smallest absolute Gasteiger partial charge is 0.407 e. The minimum Gasteiger partial charge on any atom is -0.444 e. The molecule has 0 bridgehead atoms. The van der Waals surface area contributed by atoms with E-state index in [2.05, 4.69) is 16.0 Å². The highest BCUT2D eigenvalue weighted by Crippen LogP contribution is 2.24. The number of benzene rings is 2. The molecule has 0 radical (unpaired) electrons. The lowest BCUT2D eigenvalue weighted by atomic mass is 10.0. The Morgan fingerprint density at radius 1 is 0.919 bits per heavy atom. The zero-order valence-corrected chi connectivity index (χ0v) is 21.7. The number of epoxide rings is 1. The standard InChI is InChI=1S/C27H34N4O6/c1-27(2,3)37-26(35)28-16-18-11-13-19(14-12-18)29-23(32)21-22(36-21)24(33)30-20(25(34)31(4)5)15-17-9-7-6-8-10-17/h6-14,20-22H,15-16H2,1-5H3,(H,28,35)(H,29,32)(H,30,33)/t20-,21-,22-/m0/s1. The highest BCUT2D eigenvalue weighted by atomic mass is 16.6. The zero-order chi connectivity index (χ0) is 27.2. The third-order valence-corrected chi connectivity index (χ3v) is 5.40. The molecular formula is C27H34N4O6. The molecule has 1 saturated heterocycles. The third-order valence-electron chi connectivity index (χ3n) is 5.40. The Labute approximate surface area is 216 Å². The monoisotopic (exact) mass is 510 g/mol. The van der Waals surface area contributed by atoms with Crippen LogP contribution in [0.2, 0.25) is 0 Å². The molecule has 37 heavy (non-hydrogen) atoms. The fourth-order valence-electron chi connectivity index (χ4n) is 3.53. The molecule has 0 spiro atoms. The maximum atomic E-state index is 12.7. The van der Waals surface area contributed by atoms with Crippen LogP contribution < -0.4 is 16.0 Å². The van der Waals surface area contributed by atoms with E-state index in [1.807, 2.05) is 30.3 Å². The van der Waals surface area contributed by atoms with E-state index in [9.17, 15) is 19.2 Å². The topological polar surface area (TPSA) is 129 Å². The van der Waals surface area contributed by atoms with Gasteiger partial charge in [-0.25, -0.2) is 4.79 Å². The third kappa shape index (κ3) is 8.60. The summed E-state index contributed by atoms with van der Waals surface area (Å²) in [5.74, 6) is -1.22. The van der Waals surface area contributed by atoms with Crippen LogP contribution in [-0.2, 0) is 36.8 Å². The van der Waals surface area contributed by atoms with Gasteiger partial charge in [0.2, 0.25) is 5.91 Å². The average molecular weight is 511 g/mol. The molecule has 1 fully saturated rings. The van der Waals surface area contributed by atoms with Gasteiger partial charge in [-0.3, -0.25) is 14.4 Å². The maximum Gasteiger partial charge on any atom is 0.407 e. The molecule has 1 aliphatic rings. The molecule has 10 nitrogen and oxygen atoms in total. The molecule has 0 unspecified atom stereocenters. The fraction of sp³-hybridized carbons (Fsp3) is 0.407. The van der Waals surface area contributed by atoms with Crippen LogP contribution in [0.4, 0.5) is 10.5 Å². The van der Waals surface area contributed by atoms with Crippen molar-refractivity contribution in [1.29, 1.82) is 0 Å². The Balaban J connectivity index is 1.49. The van der Waals surface area contributed by atoms with E-state index in [1.165, 1.54) is 4.90 Å². The predicted molar refractivity (Wildman–Crippen MR) is 138 cm³/mol. The molecule has 2 aromatic rings. The van der Waals surface area contributed by atoms with Gasteiger partial charge >= 0.3 is 6.09 Å². The van der Waals surface area contributed by atoms with Crippen molar-refractivity contribution in [3.05, 3.63) is 65.7 Å². The maximum absolute atomic E-state index is 12.7. The molecule has 2 aromatic carbocycles. The Morgan fingerprint density at radius 3 is 2.14 bits per heavy atom. The molecule has 3 atom stereocenters. The average Bonchev–Trinajstić information content (AvgIpc) is 3.64. The molecule has 3 N–H and O–H groups in total. The summed E-state index contributed by atoms with van der Waals surface area (Å²) >= 11 is 0. The SMILES string of the molecule is CN(C)C(=O)[C@H](Cc1ccccc1)NC(=O)[C@H]1O[C@@H]1C(=O)Nc1ccc(CNC(=O)OC(C)(C)C)cc1. The van der Waals surface area contributed by atoms with Gasteiger partial charge in [-0.1, -0.05) is 42.5 Å². The van der Waals surface area contributed by atoms with Gasteiger partial charge in [0.05, 0.1) is 0 Å². The number of hydrogen-bond donors (Lipinski definition) is 3. The van der Waals surface area contributed by atoms with E-state index in [0.29, 0.717) is 12.1 Å². The van der Waals surface area contributed by atoms with Crippen molar-refractivity contribution < 1.29 is 28.7 Å². The van der Waals surface area contributed by atoms with Gasteiger partial charge in [0, 0.05) is 32.7 Å². The second-order valence-corrected chi connectivity index (χ2v) is 10.0. The summed E-state index contributed by atoms with van der Waals surface area (Å²) in [6.45, 7) is 5.63. The Kier molecular flexibility index (Phi) is 8.88. The van der Waals surface area contributed by atoms with Crippen LogP contribution in [0, 0.1) is 0 Å². The van der Waals surface area contributed by atoms with Gasteiger partial charge in [-0.15, -0.1) is 0 Å². The first-order valence-electron chi connectivity index (χ1n) is 12.0. The van der Waals surface area contributed by atoms with Gasteiger partial charge in [-0.2, -0.15) is 0 Å². The van der Waals surface area contributed by atoms with Crippen molar-refractivity contribution in [2.24, 2.45) is 0 Å². The van der Waals surface area contributed by atoms with Crippen molar-refractivity contribution in [2.75, 3.05) is 19.4 Å². The number of carbonyl (C=O) groups is 4. The first-order valence-corrected chi connectivity index (χ1v) is 12.0. The molecule has 10 heteroatoms. The molecule has 1 aliphatic heterocycles. The highest BCUT2D eigenvalue weighted by molar-refractivity contribution is 6.02. The Morgan fingerprint density at radius 2 is 1.54 bits per heavy atom. The molecular weight excluding hydrogens is 476 g/mol. The van der Waals surface area contributed by atoms with Crippen molar-refractivity contribution >= 4 is 29.5 Å². The van der Waals surface area contributed by atoms with Crippen molar-refractivity contribution in [3.8, 4) is 0 Å². The van der Waals surface area contributed by atoms with Gasteiger partial charge in [-0.05, 0) is 44.0 Å². The van der Waals surface area contributed by atoms with Gasteiger partial charge in [0.15, 0.2) is 12.2 Å². The Bertz CT molecular complexity index is 1110. The number of nitrogens with zero attached hydrogens (tertiary/aromatic N) is 1.